The van der Waals surface area contributed by atoms with Crippen LogP contribution < -0.4 is 5.32 Å². The SMILES string of the molecule is Cc1cc(NC(=O)Cc2cn3ccsc3n2)c(C(=O)O)[nH]1. The van der Waals surface area contributed by atoms with E-state index in [-0.39, 0.29) is 23.7 Å². The largest absolute Gasteiger partial charge is 0.477 e. The van der Waals surface area contributed by atoms with Crippen LogP contribution in [0.1, 0.15) is 21.9 Å². The third-order valence-corrected chi connectivity index (χ3v) is 3.70. The van der Waals surface area contributed by atoms with Gasteiger partial charge < -0.3 is 15.4 Å². The lowest BCUT2D eigenvalue weighted by molar-refractivity contribution is -0.115. The number of carbonyl (C=O) groups is 2. The molecule has 3 aromatic rings. The summed E-state index contributed by atoms with van der Waals surface area (Å²) in [6.45, 7) is 1.73. The van der Waals surface area contributed by atoms with Crippen molar-refractivity contribution in [2.24, 2.45) is 0 Å². The number of amides is 1. The van der Waals surface area contributed by atoms with E-state index in [1.807, 2.05) is 16.0 Å². The van der Waals surface area contributed by atoms with Crippen molar-refractivity contribution in [3.63, 3.8) is 0 Å². The van der Waals surface area contributed by atoms with Crippen molar-refractivity contribution in [1.82, 2.24) is 14.4 Å². The van der Waals surface area contributed by atoms with Gasteiger partial charge in [0, 0.05) is 23.5 Å². The average Bonchev–Trinajstić information content (AvgIpc) is 3.03. The molecule has 0 aliphatic carbocycles. The van der Waals surface area contributed by atoms with E-state index < -0.39 is 5.97 Å². The van der Waals surface area contributed by atoms with E-state index in [1.54, 1.807) is 19.2 Å². The first-order chi connectivity index (χ1) is 10.0. The summed E-state index contributed by atoms with van der Waals surface area (Å²) in [6, 6.07) is 1.59. The van der Waals surface area contributed by atoms with Crippen molar-refractivity contribution >= 4 is 33.9 Å². The Bertz CT molecular complexity index is 801. The molecule has 0 atom stereocenters. The number of nitrogens with zero attached hydrogens (tertiary/aromatic N) is 2. The van der Waals surface area contributed by atoms with E-state index in [9.17, 15) is 9.59 Å². The minimum atomic E-state index is -1.11. The number of imidazole rings is 1. The maximum atomic E-state index is 12.0. The second-order valence-corrected chi connectivity index (χ2v) is 5.47. The van der Waals surface area contributed by atoms with Gasteiger partial charge in [-0.25, -0.2) is 9.78 Å². The predicted octanol–water partition coefficient (Wildman–Crippen LogP) is 1.91. The topological polar surface area (TPSA) is 99.5 Å². The Balaban J connectivity index is 1.74. The lowest BCUT2D eigenvalue weighted by atomic mass is 10.3. The van der Waals surface area contributed by atoms with Gasteiger partial charge in [-0.3, -0.25) is 9.20 Å². The first kappa shape index (κ1) is 13.4. The predicted molar refractivity (Wildman–Crippen MR) is 77.9 cm³/mol. The molecule has 1 amide bonds. The molecule has 3 N–H and O–H groups in total. The van der Waals surface area contributed by atoms with Crippen molar-refractivity contribution in [3.8, 4) is 0 Å². The Labute approximate surface area is 123 Å². The van der Waals surface area contributed by atoms with Crippen molar-refractivity contribution < 1.29 is 14.7 Å². The number of hydrogen-bond acceptors (Lipinski definition) is 4. The number of aryl methyl sites for hydroxylation is 1. The number of hydrogen-bond donors (Lipinski definition) is 3. The second kappa shape index (κ2) is 5.06. The second-order valence-electron chi connectivity index (χ2n) is 4.60. The lowest BCUT2D eigenvalue weighted by Crippen LogP contribution is -2.16. The van der Waals surface area contributed by atoms with Crippen LogP contribution in [0.25, 0.3) is 4.96 Å². The van der Waals surface area contributed by atoms with Gasteiger partial charge in [-0.1, -0.05) is 0 Å². The first-order valence-corrected chi connectivity index (χ1v) is 7.05. The van der Waals surface area contributed by atoms with E-state index in [0.717, 1.165) is 4.96 Å². The zero-order chi connectivity index (χ0) is 15.0. The Morgan fingerprint density at radius 2 is 2.33 bits per heavy atom. The molecule has 0 bridgehead atoms. The molecule has 0 saturated carbocycles. The van der Waals surface area contributed by atoms with Crippen molar-refractivity contribution in [2.75, 3.05) is 5.32 Å². The summed E-state index contributed by atoms with van der Waals surface area (Å²) in [5.74, 6) is -1.41. The minimum absolute atomic E-state index is 0.0216. The summed E-state index contributed by atoms with van der Waals surface area (Å²) in [6.07, 6.45) is 3.75. The molecule has 21 heavy (non-hydrogen) atoms. The highest BCUT2D eigenvalue weighted by atomic mass is 32.1. The number of carbonyl (C=O) groups excluding carboxylic acids is 1. The summed E-state index contributed by atoms with van der Waals surface area (Å²) in [4.78, 5) is 30.9. The molecule has 0 aromatic carbocycles. The van der Waals surface area contributed by atoms with Crippen LogP contribution in [0.2, 0.25) is 0 Å². The molecule has 0 aliphatic rings. The lowest BCUT2D eigenvalue weighted by Gasteiger charge is -2.02. The fraction of sp³-hybridized carbons (Fsp3) is 0.154. The number of anilines is 1. The zero-order valence-electron chi connectivity index (χ0n) is 11.1. The summed E-state index contributed by atoms with van der Waals surface area (Å²) in [7, 11) is 0. The van der Waals surface area contributed by atoms with Crippen LogP contribution in [-0.2, 0) is 11.2 Å². The highest BCUT2D eigenvalue weighted by Crippen LogP contribution is 2.17. The molecule has 8 heteroatoms. The summed E-state index contributed by atoms with van der Waals surface area (Å²) >= 11 is 1.49. The molecule has 0 spiro atoms. The van der Waals surface area contributed by atoms with Gasteiger partial charge in [-0.2, -0.15) is 0 Å². The molecule has 0 radical (unpaired) electrons. The number of carboxylic acids is 1. The van der Waals surface area contributed by atoms with Crippen LogP contribution in [0.4, 0.5) is 5.69 Å². The van der Waals surface area contributed by atoms with Gasteiger partial charge in [-0.05, 0) is 13.0 Å². The number of fused-ring (bicyclic) bond motifs is 1. The number of nitrogens with one attached hydrogen (secondary N) is 2. The number of aromatic amines is 1. The van der Waals surface area contributed by atoms with Crippen molar-refractivity contribution in [2.45, 2.75) is 13.3 Å². The molecule has 0 aliphatic heterocycles. The number of aromatic nitrogens is 3. The van der Waals surface area contributed by atoms with Gasteiger partial charge >= 0.3 is 5.97 Å². The van der Waals surface area contributed by atoms with Gasteiger partial charge in [0.2, 0.25) is 5.91 Å². The molecule has 0 fully saturated rings. The van der Waals surface area contributed by atoms with Crippen LogP contribution in [0.5, 0.6) is 0 Å². The quantitative estimate of drug-likeness (QED) is 0.685. The molecule has 3 heterocycles. The van der Waals surface area contributed by atoms with Crippen molar-refractivity contribution in [3.05, 3.63) is 40.9 Å². The Morgan fingerprint density at radius 3 is 3.05 bits per heavy atom. The van der Waals surface area contributed by atoms with E-state index in [0.29, 0.717) is 11.4 Å². The standard InChI is InChI=1S/C13H12N4O3S/c1-7-4-9(11(14-7)12(19)20)16-10(18)5-8-6-17-2-3-21-13(17)15-8/h2-4,6,14H,5H2,1H3,(H,16,18)(H,19,20). The van der Waals surface area contributed by atoms with Crippen molar-refractivity contribution in [1.29, 1.82) is 0 Å². The van der Waals surface area contributed by atoms with Crippen LogP contribution in [-0.4, -0.2) is 31.4 Å². The number of H-pyrrole nitrogens is 1. The normalized spacial score (nSPS) is 10.9. The average molecular weight is 304 g/mol. The van der Waals surface area contributed by atoms with Crippen LogP contribution in [0.15, 0.2) is 23.8 Å². The van der Waals surface area contributed by atoms with E-state index in [2.05, 4.69) is 15.3 Å². The zero-order valence-corrected chi connectivity index (χ0v) is 11.9. The minimum Gasteiger partial charge on any atom is -0.477 e. The molecule has 3 aromatic heterocycles. The molecule has 3 rings (SSSR count). The Kier molecular flexibility index (Phi) is 3.22. The van der Waals surface area contributed by atoms with Gasteiger partial charge in [-0.15, -0.1) is 11.3 Å². The number of carboxylic acid groups (broad SMARTS) is 1. The number of aromatic carboxylic acids is 1. The third-order valence-electron chi connectivity index (χ3n) is 2.93. The molecule has 0 saturated heterocycles. The van der Waals surface area contributed by atoms with Gasteiger partial charge in [0.25, 0.3) is 0 Å². The third kappa shape index (κ3) is 2.65. The summed E-state index contributed by atoms with van der Waals surface area (Å²) in [5, 5.41) is 13.6. The van der Waals surface area contributed by atoms with Gasteiger partial charge in [0.15, 0.2) is 4.96 Å². The maximum absolute atomic E-state index is 12.0. The fourth-order valence-electron chi connectivity index (χ4n) is 2.08. The van der Waals surface area contributed by atoms with Crippen LogP contribution in [0.3, 0.4) is 0 Å². The molecule has 7 nitrogen and oxygen atoms in total. The van der Waals surface area contributed by atoms with E-state index in [1.165, 1.54) is 11.3 Å². The van der Waals surface area contributed by atoms with E-state index in [4.69, 9.17) is 5.11 Å². The summed E-state index contributed by atoms with van der Waals surface area (Å²) in [5.41, 5.74) is 1.56. The Hall–Kier alpha value is -2.61. The molecular weight excluding hydrogens is 292 g/mol. The Morgan fingerprint density at radius 1 is 1.52 bits per heavy atom. The monoisotopic (exact) mass is 304 g/mol. The molecule has 108 valence electrons. The summed E-state index contributed by atoms with van der Waals surface area (Å²) < 4.78 is 1.84. The smallest absolute Gasteiger partial charge is 0.354 e. The van der Waals surface area contributed by atoms with Gasteiger partial charge in [0.1, 0.15) is 5.69 Å². The number of thiazole rings is 1. The maximum Gasteiger partial charge on any atom is 0.354 e. The highest BCUT2D eigenvalue weighted by Gasteiger charge is 2.16. The molecular formula is C13H12N4O3S. The van der Waals surface area contributed by atoms with Crippen LogP contribution in [0, 0.1) is 6.92 Å². The van der Waals surface area contributed by atoms with E-state index >= 15 is 0 Å². The van der Waals surface area contributed by atoms with Crippen LogP contribution >= 0.6 is 11.3 Å². The first-order valence-electron chi connectivity index (χ1n) is 6.17. The number of rotatable bonds is 4. The molecule has 0 unspecified atom stereocenters. The highest BCUT2D eigenvalue weighted by molar-refractivity contribution is 7.15. The fourth-order valence-corrected chi connectivity index (χ4v) is 2.80. The van der Waals surface area contributed by atoms with Gasteiger partial charge in [0.05, 0.1) is 17.8 Å².